The molecule has 15 nitrogen and oxygen atoms in total. The number of aliphatic hydroxyl groups is 1. The van der Waals surface area contributed by atoms with Gasteiger partial charge in [0, 0.05) is 12.2 Å². The van der Waals surface area contributed by atoms with Crippen LogP contribution >= 0.6 is 0 Å². The maximum Gasteiger partial charge on any atom is 0.335 e. The van der Waals surface area contributed by atoms with Gasteiger partial charge in [0.2, 0.25) is 17.7 Å². The number of phenolic OH excluding ortho intramolecular Hbond substituents is 1. The van der Waals surface area contributed by atoms with Gasteiger partial charge in [0.15, 0.2) is 6.10 Å². The normalized spacial score (nSPS) is 13.9. The number of aromatic carboxylic acids is 1. The van der Waals surface area contributed by atoms with Gasteiger partial charge in [-0.1, -0.05) is 76.2 Å². The third kappa shape index (κ3) is 12.7. The molecule has 3 aromatic rings. The van der Waals surface area contributed by atoms with E-state index in [0.717, 1.165) is 0 Å². The molecule has 0 aromatic heterocycles. The number of hydrogen-bond donors (Lipinski definition) is 9. The van der Waals surface area contributed by atoms with Gasteiger partial charge >= 0.3 is 5.97 Å². The van der Waals surface area contributed by atoms with Crippen LogP contribution in [0.15, 0.2) is 78.9 Å². The summed E-state index contributed by atoms with van der Waals surface area (Å²) >= 11 is 0. The largest absolute Gasteiger partial charge is 0.507 e. The molecule has 15 heteroatoms. The summed E-state index contributed by atoms with van der Waals surface area (Å²) in [6.45, 7) is 6.75. The quantitative estimate of drug-likeness (QED) is 0.0913. The Kier molecular flexibility index (Phi) is 15.5. The number of carbonyl (C=O) groups is 6. The highest BCUT2D eigenvalue weighted by Gasteiger charge is 2.34. The number of benzene rings is 3. The van der Waals surface area contributed by atoms with Crippen LogP contribution in [0.3, 0.4) is 0 Å². The highest BCUT2D eigenvalue weighted by Crippen LogP contribution is 2.16. The van der Waals surface area contributed by atoms with Crippen molar-refractivity contribution in [3.63, 3.8) is 0 Å². The van der Waals surface area contributed by atoms with Crippen molar-refractivity contribution < 1.29 is 44.1 Å². The van der Waals surface area contributed by atoms with Crippen LogP contribution in [0.25, 0.3) is 0 Å². The van der Waals surface area contributed by atoms with Crippen LogP contribution in [-0.4, -0.2) is 87.6 Å². The maximum absolute atomic E-state index is 13.8. The van der Waals surface area contributed by atoms with Crippen molar-refractivity contribution >= 4 is 41.2 Å². The van der Waals surface area contributed by atoms with Gasteiger partial charge in [-0.2, -0.15) is 0 Å². The number of nitrogens with two attached hydrogens (primary N) is 1. The molecule has 3 aromatic carbocycles. The van der Waals surface area contributed by atoms with E-state index in [1.807, 2.05) is 13.8 Å². The Hall–Kier alpha value is -5.80. The molecule has 10 N–H and O–H groups in total. The lowest BCUT2D eigenvalue weighted by molar-refractivity contribution is -0.134. The lowest BCUT2D eigenvalue weighted by Crippen LogP contribution is -2.60. The van der Waals surface area contributed by atoms with E-state index in [1.165, 1.54) is 36.4 Å². The van der Waals surface area contributed by atoms with Crippen molar-refractivity contribution in [2.75, 3.05) is 11.9 Å². The van der Waals surface area contributed by atoms with Crippen molar-refractivity contribution in [1.29, 1.82) is 0 Å². The lowest BCUT2D eigenvalue weighted by atomic mass is 9.97. The SMILES string of the molecule is CC(C)C[C@H](NC(=O)[C@@H](NC(=O)[C@@H](N)CNC(=O)c1ccccc1O)C(C)C)C(=O)NC(Cc1ccccc1)[C@@H](O)C(=O)Nc1cccc(C(=O)O)c1. The summed E-state index contributed by atoms with van der Waals surface area (Å²) in [6.07, 6.45) is -1.60. The Balaban J connectivity index is 1.74. The zero-order valence-corrected chi connectivity index (χ0v) is 30.0. The fourth-order valence-corrected chi connectivity index (χ4v) is 5.34. The number of anilines is 1. The molecule has 0 heterocycles. The van der Waals surface area contributed by atoms with E-state index in [4.69, 9.17) is 5.73 Å². The molecular weight excluding hydrogens is 684 g/mol. The van der Waals surface area contributed by atoms with E-state index in [1.54, 1.807) is 56.3 Å². The highest BCUT2D eigenvalue weighted by atomic mass is 16.4. The van der Waals surface area contributed by atoms with E-state index in [2.05, 4.69) is 26.6 Å². The number of rotatable bonds is 18. The summed E-state index contributed by atoms with van der Waals surface area (Å²) in [4.78, 5) is 77.6. The number of aliphatic hydroxyl groups excluding tert-OH is 1. The number of nitrogens with one attached hydrogen (secondary N) is 5. The number of carboxylic acids is 1. The van der Waals surface area contributed by atoms with E-state index >= 15 is 0 Å². The Morgan fingerprint density at radius 2 is 1.42 bits per heavy atom. The molecule has 53 heavy (non-hydrogen) atoms. The monoisotopic (exact) mass is 732 g/mol. The standard InChI is InChI=1S/C38H48N6O9/c1-21(2)17-29(43-36(50)31(22(3)4)44-34(48)27(39)20-40-33(47)26-15-8-9-16-30(26)45)35(49)42-28(18-23-11-6-5-7-12-23)32(46)37(51)41-25-14-10-13-24(19-25)38(52)53/h5-16,19,21-22,27-29,31-32,45-46H,17-18,20,39H2,1-4H3,(H,40,47)(H,41,51)(H,42,49)(H,43,50)(H,44,48)(H,52,53)/t27-,28?,29-,31-,32+/m0/s1. The number of carbonyl (C=O) groups excluding carboxylic acids is 5. The predicted molar refractivity (Wildman–Crippen MR) is 197 cm³/mol. The smallest absolute Gasteiger partial charge is 0.335 e. The average Bonchev–Trinajstić information content (AvgIpc) is 3.11. The van der Waals surface area contributed by atoms with E-state index in [9.17, 15) is 44.1 Å². The van der Waals surface area contributed by atoms with Gasteiger partial charge in [-0.3, -0.25) is 24.0 Å². The van der Waals surface area contributed by atoms with Crippen LogP contribution in [0.1, 0.15) is 60.4 Å². The molecule has 0 saturated carbocycles. The highest BCUT2D eigenvalue weighted by molar-refractivity contribution is 5.98. The van der Waals surface area contributed by atoms with Crippen LogP contribution in [0.5, 0.6) is 5.75 Å². The first-order chi connectivity index (χ1) is 25.1. The second kappa shape index (κ2) is 19.7. The first kappa shape index (κ1) is 41.6. The van der Waals surface area contributed by atoms with Crippen LogP contribution in [0, 0.1) is 11.8 Å². The van der Waals surface area contributed by atoms with Gasteiger partial charge in [-0.15, -0.1) is 0 Å². The van der Waals surface area contributed by atoms with Crippen molar-refractivity contribution in [2.24, 2.45) is 17.6 Å². The maximum atomic E-state index is 13.8. The number of phenols is 1. The zero-order valence-electron chi connectivity index (χ0n) is 30.0. The van der Waals surface area contributed by atoms with Crippen molar-refractivity contribution in [1.82, 2.24) is 21.3 Å². The molecule has 5 amide bonds. The summed E-state index contributed by atoms with van der Waals surface area (Å²) in [7, 11) is 0. The molecule has 1 unspecified atom stereocenters. The molecule has 0 aliphatic heterocycles. The molecule has 0 aliphatic carbocycles. The van der Waals surface area contributed by atoms with Crippen molar-refractivity contribution in [3.8, 4) is 5.75 Å². The van der Waals surface area contributed by atoms with E-state index in [-0.39, 0.29) is 47.9 Å². The average molecular weight is 733 g/mol. The van der Waals surface area contributed by atoms with Gasteiger partial charge in [0.05, 0.1) is 17.2 Å². The predicted octanol–water partition coefficient (Wildman–Crippen LogP) is 1.55. The Morgan fingerprint density at radius 1 is 0.755 bits per heavy atom. The van der Waals surface area contributed by atoms with Crippen LogP contribution < -0.4 is 32.3 Å². The Bertz CT molecular complexity index is 1750. The van der Waals surface area contributed by atoms with Gasteiger partial charge in [-0.05, 0) is 60.6 Å². The summed E-state index contributed by atoms with van der Waals surface area (Å²) in [6, 6.07) is 15.4. The minimum absolute atomic E-state index is 0.00121. The fraction of sp³-hybridized carbons (Fsp3) is 0.368. The van der Waals surface area contributed by atoms with Gasteiger partial charge in [0.25, 0.3) is 11.8 Å². The number of para-hydroxylation sites is 1. The molecule has 0 radical (unpaired) electrons. The molecule has 0 fully saturated rings. The van der Waals surface area contributed by atoms with Gasteiger partial charge in [0.1, 0.15) is 23.9 Å². The topological polar surface area (TPSA) is 249 Å². The molecule has 0 bridgehead atoms. The molecule has 0 spiro atoms. The van der Waals surface area contributed by atoms with Crippen LogP contribution in [0.2, 0.25) is 0 Å². The number of amides is 5. The number of aromatic hydroxyl groups is 1. The van der Waals surface area contributed by atoms with Gasteiger partial charge in [-0.25, -0.2) is 4.79 Å². The summed E-state index contributed by atoms with van der Waals surface area (Å²) in [5.41, 5.74) is 6.76. The van der Waals surface area contributed by atoms with E-state index in [0.29, 0.717) is 5.56 Å². The van der Waals surface area contributed by atoms with Crippen LogP contribution in [0.4, 0.5) is 5.69 Å². The lowest BCUT2D eigenvalue weighted by Gasteiger charge is -2.29. The Labute approximate surface area is 307 Å². The third-order valence-corrected chi connectivity index (χ3v) is 8.21. The molecule has 3 rings (SSSR count). The first-order valence-corrected chi connectivity index (χ1v) is 17.2. The zero-order chi connectivity index (χ0) is 39.2. The fourth-order valence-electron chi connectivity index (χ4n) is 5.34. The molecular formula is C38H48N6O9. The summed E-state index contributed by atoms with van der Waals surface area (Å²) in [5, 5.41) is 43.4. The summed E-state index contributed by atoms with van der Waals surface area (Å²) in [5.74, 6) is -5.66. The third-order valence-electron chi connectivity index (χ3n) is 8.21. The molecule has 5 atom stereocenters. The first-order valence-electron chi connectivity index (χ1n) is 17.2. The van der Waals surface area contributed by atoms with Crippen LogP contribution in [-0.2, 0) is 25.6 Å². The molecule has 284 valence electrons. The molecule has 0 saturated heterocycles. The summed E-state index contributed by atoms with van der Waals surface area (Å²) < 4.78 is 0. The van der Waals surface area contributed by atoms with Gasteiger partial charge < -0.3 is 47.6 Å². The van der Waals surface area contributed by atoms with E-state index < -0.39 is 71.7 Å². The minimum atomic E-state index is -1.79. The number of hydrogen-bond acceptors (Lipinski definition) is 9. The Morgan fingerprint density at radius 3 is 2.04 bits per heavy atom. The van der Waals surface area contributed by atoms with Crippen molar-refractivity contribution in [3.05, 3.63) is 95.6 Å². The van der Waals surface area contributed by atoms with Crippen molar-refractivity contribution in [2.45, 2.75) is 70.8 Å². The second-order valence-corrected chi connectivity index (χ2v) is 13.4. The second-order valence-electron chi connectivity index (χ2n) is 13.4. The number of carboxylic acid groups (broad SMARTS) is 1. The minimum Gasteiger partial charge on any atom is -0.507 e. The molecule has 0 aliphatic rings.